The van der Waals surface area contributed by atoms with Crippen LogP contribution in [0, 0.1) is 0 Å². The summed E-state index contributed by atoms with van der Waals surface area (Å²) in [4.78, 5) is 7.06. The molecule has 0 aliphatic carbocycles. The predicted molar refractivity (Wildman–Crippen MR) is 60.6 cm³/mol. The molecule has 0 atom stereocenters. The van der Waals surface area contributed by atoms with E-state index in [1.807, 2.05) is 18.3 Å². The zero-order valence-electron chi connectivity index (χ0n) is 8.75. The Morgan fingerprint density at radius 2 is 2.00 bits per heavy atom. The van der Waals surface area contributed by atoms with E-state index in [9.17, 15) is 0 Å². The van der Waals surface area contributed by atoms with Crippen LogP contribution in [0.4, 0.5) is 0 Å². The van der Waals surface area contributed by atoms with Crippen LogP contribution in [0.15, 0.2) is 24.5 Å². The van der Waals surface area contributed by atoms with Crippen molar-refractivity contribution in [3.8, 4) is 0 Å². The Labute approximate surface area is 84.3 Å². The summed E-state index contributed by atoms with van der Waals surface area (Å²) in [5.74, 6) is 0.449. The monoisotopic (exact) mass is 188 g/mol. The summed E-state index contributed by atoms with van der Waals surface area (Å²) < 4.78 is 0. The normalized spacial score (nSPS) is 9.93. The number of rotatable bonds is 1. The first kappa shape index (κ1) is 10.5. The molecular formula is C12H16N2. The third-order valence-electron chi connectivity index (χ3n) is 2.01. The third-order valence-corrected chi connectivity index (χ3v) is 2.01. The molecule has 1 heterocycles. The summed E-state index contributed by atoms with van der Waals surface area (Å²) in [6, 6.07) is 3.92. The lowest BCUT2D eigenvalue weighted by atomic mass is 10.0. The van der Waals surface area contributed by atoms with E-state index in [-0.39, 0.29) is 0 Å². The van der Waals surface area contributed by atoms with Gasteiger partial charge in [0.1, 0.15) is 5.48 Å². The van der Waals surface area contributed by atoms with E-state index in [0.29, 0.717) is 11.4 Å². The van der Waals surface area contributed by atoms with Crippen molar-refractivity contribution in [2.75, 3.05) is 0 Å². The molecule has 0 saturated heterocycles. The van der Waals surface area contributed by atoms with Gasteiger partial charge in [0, 0.05) is 12.4 Å². The number of nitrogens with zero attached hydrogens (tertiary/aromatic N) is 1. The number of aromatic nitrogens is 2. The Morgan fingerprint density at radius 1 is 1.29 bits per heavy atom. The highest BCUT2D eigenvalue weighted by molar-refractivity contribution is 5.19. The quantitative estimate of drug-likeness (QED) is 0.710. The zero-order valence-corrected chi connectivity index (χ0v) is 8.75. The van der Waals surface area contributed by atoms with E-state index in [4.69, 9.17) is 0 Å². The SMILES string of the molecule is C=c1nccc(C(C)C)c(=C)cc[nH]1. The summed E-state index contributed by atoms with van der Waals surface area (Å²) in [6.07, 6.45) is 3.56. The highest BCUT2D eigenvalue weighted by Crippen LogP contribution is 2.05. The maximum Gasteiger partial charge on any atom is 0.122 e. The van der Waals surface area contributed by atoms with Gasteiger partial charge in [-0.05, 0) is 28.8 Å². The van der Waals surface area contributed by atoms with E-state index in [0.717, 1.165) is 5.22 Å². The van der Waals surface area contributed by atoms with Crippen molar-refractivity contribution >= 4 is 13.2 Å². The fraction of sp³-hybridized carbons (Fsp3) is 0.250. The van der Waals surface area contributed by atoms with Gasteiger partial charge in [0.05, 0.1) is 0 Å². The van der Waals surface area contributed by atoms with Gasteiger partial charge < -0.3 is 4.98 Å². The topological polar surface area (TPSA) is 28.7 Å². The van der Waals surface area contributed by atoms with Crippen LogP contribution in [0.1, 0.15) is 25.3 Å². The number of hydrogen-bond acceptors (Lipinski definition) is 1. The van der Waals surface area contributed by atoms with Crippen molar-refractivity contribution in [1.29, 1.82) is 0 Å². The second kappa shape index (κ2) is 4.61. The van der Waals surface area contributed by atoms with Crippen LogP contribution in [-0.4, -0.2) is 9.97 Å². The lowest BCUT2D eigenvalue weighted by molar-refractivity contribution is 0.860. The molecule has 0 fully saturated rings. The van der Waals surface area contributed by atoms with Crippen LogP contribution in [0.5, 0.6) is 0 Å². The van der Waals surface area contributed by atoms with Gasteiger partial charge in [0.25, 0.3) is 0 Å². The smallest absolute Gasteiger partial charge is 0.122 e. The van der Waals surface area contributed by atoms with Crippen molar-refractivity contribution in [2.45, 2.75) is 19.8 Å². The summed E-state index contributed by atoms with van der Waals surface area (Å²) in [7, 11) is 0. The van der Waals surface area contributed by atoms with Crippen molar-refractivity contribution < 1.29 is 0 Å². The number of aromatic amines is 1. The Balaban J connectivity index is 3.50. The van der Waals surface area contributed by atoms with Gasteiger partial charge in [-0.15, -0.1) is 0 Å². The molecule has 0 radical (unpaired) electrons. The van der Waals surface area contributed by atoms with Crippen molar-refractivity contribution in [1.82, 2.24) is 9.97 Å². The molecule has 1 aromatic heterocycles. The Hall–Kier alpha value is -1.57. The molecule has 1 aromatic rings. The largest absolute Gasteiger partial charge is 0.347 e. The molecule has 0 aliphatic heterocycles. The van der Waals surface area contributed by atoms with Crippen LogP contribution in [0.3, 0.4) is 0 Å². The molecule has 74 valence electrons. The molecule has 0 aliphatic rings. The van der Waals surface area contributed by atoms with E-state index < -0.39 is 0 Å². The molecule has 1 N–H and O–H groups in total. The lowest BCUT2D eigenvalue weighted by Gasteiger charge is -2.01. The maximum atomic E-state index is 4.11. The van der Waals surface area contributed by atoms with E-state index >= 15 is 0 Å². The lowest BCUT2D eigenvalue weighted by Crippen LogP contribution is -2.05. The predicted octanol–water partition coefficient (Wildman–Crippen LogP) is 1.48. The Kier molecular flexibility index (Phi) is 3.46. The number of hydrogen-bond donors (Lipinski definition) is 1. The first-order valence-electron chi connectivity index (χ1n) is 4.66. The van der Waals surface area contributed by atoms with Gasteiger partial charge in [-0.1, -0.05) is 27.0 Å². The molecule has 1 rings (SSSR count). The molecular weight excluding hydrogens is 172 g/mol. The molecule has 0 amide bonds. The van der Waals surface area contributed by atoms with Gasteiger partial charge in [-0.2, -0.15) is 0 Å². The zero-order chi connectivity index (χ0) is 10.6. The minimum Gasteiger partial charge on any atom is -0.347 e. The van der Waals surface area contributed by atoms with Crippen LogP contribution in [-0.2, 0) is 0 Å². The number of H-pyrrole nitrogens is 1. The molecule has 0 saturated carbocycles. The van der Waals surface area contributed by atoms with Crippen molar-refractivity contribution in [2.24, 2.45) is 0 Å². The summed E-state index contributed by atoms with van der Waals surface area (Å²) in [5.41, 5.74) is 1.83. The first-order chi connectivity index (χ1) is 6.61. The second-order valence-corrected chi connectivity index (χ2v) is 3.50. The minimum absolute atomic E-state index is 0.449. The van der Waals surface area contributed by atoms with E-state index in [1.54, 1.807) is 6.20 Å². The van der Waals surface area contributed by atoms with Gasteiger partial charge in [-0.25, -0.2) is 4.98 Å². The average Bonchev–Trinajstić information content (AvgIpc) is 2.17. The third kappa shape index (κ3) is 2.73. The fourth-order valence-corrected chi connectivity index (χ4v) is 1.25. The molecule has 0 aromatic carbocycles. The highest BCUT2D eigenvalue weighted by Gasteiger charge is 1.95. The highest BCUT2D eigenvalue weighted by atomic mass is 14.8. The molecule has 0 unspecified atom stereocenters. The molecule has 2 heteroatoms. The summed E-state index contributed by atoms with van der Waals surface area (Å²) >= 11 is 0. The van der Waals surface area contributed by atoms with E-state index in [1.165, 1.54) is 5.56 Å². The standard InChI is InChI=1S/C12H16N2/c1-9(2)12-6-8-14-11(4)13-7-5-10(12)3/h5-9,13H,3-4H2,1-2H3. The van der Waals surface area contributed by atoms with E-state index in [2.05, 4.69) is 37.0 Å². The first-order valence-corrected chi connectivity index (χ1v) is 4.66. The minimum atomic E-state index is 0.449. The fourth-order valence-electron chi connectivity index (χ4n) is 1.25. The maximum absolute atomic E-state index is 4.11. The Morgan fingerprint density at radius 3 is 2.64 bits per heavy atom. The van der Waals surface area contributed by atoms with Gasteiger partial charge in [-0.3, -0.25) is 0 Å². The van der Waals surface area contributed by atoms with Crippen LogP contribution in [0.2, 0.25) is 0 Å². The summed E-state index contributed by atoms with van der Waals surface area (Å²) in [5, 5.41) is 1.01. The molecule has 2 nitrogen and oxygen atoms in total. The number of nitrogens with one attached hydrogen (secondary N) is 1. The van der Waals surface area contributed by atoms with Crippen LogP contribution in [0.25, 0.3) is 13.2 Å². The van der Waals surface area contributed by atoms with Gasteiger partial charge >= 0.3 is 0 Å². The summed E-state index contributed by atoms with van der Waals surface area (Å²) in [6.45, 7) is 12.0. The van der Waals surface area contributed by atoms with Gasteiger partial charge in [0.15, 0.2) is 0 Å². The average molecular weight is 188 g/mol. The van der Waals surface area contributed by atoms with Crippen LogP contribution >= 0.6 is 0 Å². The second-order valence-electron chi connectivity index (χ2n) is 3.50. The van der Waals surface area contributed by atoms with Crippen molar-refractivity contribution in [3.05, 3.63) is 40.8 Å². The Bertz CT molecular complexity index is 442. The van der Waals surface area contributed by atoms with Gasteiger partial charge in [0.2, 0.25) is 0 Å². The molecule has 14 heavy (non-hydrogen) atoms. The van der Waals surface area contributed by atoms with Crippen LogP contribution < -0.4 is 10.7 Å². The molecule has 0 bridgehead atoms. The van der Waals surface area contributed by atoms with Crippen molar-refractivity contribution in [3.63, 3.8) is 0 Å². The molecule has 0 spiro atoms.